The molecule has 2 rings (SSSR count). The predicted octanol–water partition coefficient (Wildman–Crippen LogP) is 3.21. The Morgan fingerprint density at radius 3 is 2.44 bits per heavy atom. The molecule has 0 aliphatic carbocycles. The Kier molecular flexibility index (Phi) is 3.14. The summed E-state index contributed by atoms with van der Waals surface area (Å²) < 4.78 is 13.4. The molecule has 0 aliphatic rings. The summed E-state index contributed by atoms with van der Waals surface area (Å²) in [5.41, 5.74) is 0.916. The van der Waals surface area contributed by atoms with Crippen LogP contribution in [0.4, 0.5) is 10.1 Å². The maximum absolute atomic E-state index is 13.4. The molecule has 2 aromatic rings. The first-order valence-electron chi connectivity index (χ1n) is 5.11. The highest BCUT2D eigenvalue weighted by Gasteiger charge is 2.09. The van der Waals surface area contributed by atoms with Gasteiger partial charge in [-0.2, -0.15) is 0 Å². The average molecular weight is 245 g/mol. The number of halogens is 1. The molecule has 0 heterocycles. The highest BCUT2D eigenvalue weighted by Crippen LogP contribution is 2.25. The number of carbonyl (C=O) groups is 1. The Hall–Kier alpha value is -2.56. The van der Waals surface area contributed by atoms with Gasteiger partial charge in [0.2, 0.25) is 0 Å². The highest BCUT2D eigenvalue weighted by molar-refractivity contribution is 5.77. The Labute approximate surface area is 102 Å². The Morgan fingerprint density at radius 1 is 1.11 bits per heavy atom. The number of benzene rings is 2. The van der Waals surface area contributed by atoms with Crippen molar-refractivity contribution in [3.05, 3.63) is 64.0 Å². The van der Waals surface area contributed by atoms with Gasteiger partial charge in [-0.05, 0) is 23.3 Å². The summed E-state index contributed by atoms with van der Waals surface area (Å²) >= 11 is 0. The number of rotatable bonds is 3. The van der Waals surface area contributed by atoms with Crippen molar-refractivity contribution < 1.29 is 14.1 Å². The van der Waals surface area contributed by atoms with Crippen LogP contribution in [0.25, 0.3) is 11.1 Å². The minimum atomic E-state index is -0.644. The van der Waals surface area contributed by atoms with Crippen LogP contribution in [0.2, 0.25) is 0 Å². The third-order valence-corrected chi connectivity index (χ3v) is 2.52. The number of hydrogen-bond donors (Lipinski definition) is 0. The van der Waals surface area contributed by atoms with Gasteiger partial charge in [0.15, 0.2) is 6.29 Å². The van der Waals surface area contributed by atoms with Crippen LogP contribution in [0, 0.1) is 15.9 Å². The minimum absolute atomic E-state index is 0.0378. The second-order valence-corrected chi connectivity index (χ2v) is 3.66. The van der Waals surface area contributed by atoms with Crippen molar-refractivity contribution in [2.75, 3.05) is 0 Å². The Bertz CT molecular complexity index is 625. The van der Waals surface area contributed by atoms with Crippen LogP contribution in [0.5, 0.6) is 0 Å². The van der Waals surface area contributed by atoms with Crippen LogP contribution in [-0.2, 0) is 0 Å². The van der Waals surface area contributed by atoms with Gasteiger partial charge in [0.1, 0.15) is 5.82 Å². The number of carbonyl (C=O) groups excluding carboxylic acids is 1. The fourth-order valence-corrected chi connectivity index (χ4v) is 1.60. The maximum Gasteiger partial charge on any atom is 0.270 e. The first kappa shape index (κ1) is 11.9. The van der Waals surface area contributed by atoms with E-state index in [-0.39, 0.29) is 11.3 Å². The van der Waals surface area contributed by atoms with E-state index in [4.69, 9.17) is 0 Å². The molecule has 90 valence electrons. The summed E-state index contributed by atoms with van der Waals surface area (Å²) in [4.78, 5) is 20.6. The lowest BCUT2D eigenvalue weighted by Gasteiger charge is -2.03. The second kappa shape index (κ2) is 4.75. The van der Waals surface area contributed by atoms with E-state index in [1.54, 1.807) is 12.1 Å². The molecule has 0 N–H and O–H groups in total. The van der Waals surface area contributed by atoms with Crippen molar-refractivity contribution >= 4 is 12.0 Å². The van der Waals surface area contributed by atoms with Gasteiger partial charge < -0.3 is 0 Å². The molecule has 0 saturated carbocycles. The van der Waals surface area contributed by atoms with Gasteiger partial charge in [0.25, 0.3) is 5.69 Å². The monoisotopic (exact) mass is 245 g/mol. The van der Waals surface area contributed by atoms with Crippen LogP contribution in [-0.4, -0.2) is 11.2 Å². The molecular weight excluding hydrogens is 237 g/mol. The van der Waals surface area contributed by atoms with Crippen molar-refractivity contribution in [2.24, 2.45) is 0 Å². The third-order valence-electron chi connectivity index (χ3n) is 2.52. The topological polar surface area (TPSA) is 60.2 Å². The molecule has 0 radical (unpaired) electrons. The minimum Gasteiger partial charge on any atom is -0.298 e. The zero-order valence-corrected chi connectivity index (χ0v) is 9.17. The summed E-state index contributed by atoms with van der Waals surface area (Å²) in [5.74, 6) is -0.644. The first-order chi connectivity index (χ1) is 8.61. The predicted molar refractivity (Wildman–Crippen MR) is 63.9 cm³/mol. The molecule has 0 saturated heterocycles. The third kappa shape index (κ3) is 2.24. The van der Waals surface area contributed by atoms with E-state index in [0.29, 0.717) is 17.4 Å². The van der Waals surface area contributed by atoms with Crippen LogP contribution < -0.4 is 0 Å². The molecule has 0 atom stereocenters. The van der Waals surface area contributed by atoms with E-state index >= 15 is 0 Å². The number of hydrogen-bond acceptors (Lipinski definition) is 3. The van der Waals surface area contributed by atoms with Crippen LogP contribution >= 0.6 is 0 Å². The normalized spacial score (nSPS) is 10.1. The van der Waals surface area contributed by atoms with Crippen LogP contribution in [0.15, 0.2) is 42.5 Å². The fourth-order valence-electron chi connectivity index (χ4n) is 1.60. The highest BCUT2D eigenvalue weighted by atomic mass is 19.1. The molecule has 0 unspecified atom stereocenters. The van der Waals surface area contributed by atoms with Crippen LogP contribution in [0.1, 0.15) is 10.4 Å². The molecule has 4 nitrogen and oxygen atoms in total. The molecule has 0 fully saturated rings. The summed E-state index contributed by atoms with van der Waals surface area (Å²) in [6.07, 6.45) is 0.423. The lowest BCUT2D eigenvalue weighted by molar-refractivity contribution is -0.384. The average Bonchev–Trinajstić information content (AvgIpc) is 2.38. The number of nitro groups is 1. The molecule has 0 spiro atoms. The lowest BCUT2D eigenvalue weighted by atomic mass is 10.0. The summed E-state index contributed by atoms with van der Waals surface area (Å²) in [7, 11) is 0. The van der Waals surface area contributed by atoms with Gasteiger partial charge in [-0.25, -0.2) is 4.39 Å². The number of nitro benzene ring substituents is 1. The van der Waals surface area contributed by atoms with Gasteiger partial charge in [0.05, 0.1) is 10.5 Å². The molecule has 2 aromatic carbocycles. The van der Waals surface area contributed by atoms with Gasteiger partial charge >= 0.3 is 0 Å². The molecule has 0 aromatic heterocycles. The number of aldehydes is 1. The molecule has 0 bridgehead atoms. The Morgan fingerprint density at radius 2 is 1.83 bits per heavy atom. The molecule has 5 heteroatoms. The summed E-state index contributed by atoms with van der Waals surface area (Å²) in [5, 5.41) is 10.6. The SMILES string of the molecule is O=Cc1ccc(-c2cccc([N+](=O)[O-])c2)cc1F. The van der Waals surface area contributed by atoms with Crippen molar-refractivity contribution in [3.63, 3.8) is 0 Å². The van der Waals surface area contributed by atoms with E-state index in [1.165, 1.54) is 30.3 Å². The summed E-state index contributed by atoms with van der Waals surface area (Å²) in [6.45, 7) is 0. The number of nitrogens with zero attached hydrogens (tertiary/aromatic N) is 1. The van der Waals surface area contributed by atoms with E-state index in [9.17, 15) is 19.3 Å². The number of non-ortho nitro benzene ring substituents is 1. The van der Waals surface area contributed by atoms with Crippen molar-refractivity contribution in [2.45, 2.75) is 0 Å². The van der Waals surface area contributed by atoms with Crippen LogP contribution in [0.3, 0.4) is 0 Å². The molecule has 0 aliphatic heterocycles. The molecule has 0 amide bonds. The van der Waals surface area contributed by atoms with Gasteiger partial charge in [-0.3, -0.25) is 14.9 Å². The molecule has 18 heavy (non-hydrogen) atoms. The quantitative estimate of drug-likeness (QED) is 0.474. The van der Waals surface area contributed by atoms with Crippen molar-refractivity contribution in [1.82, 2.24) is 0 Å². The second-order valence-electron chi connectivity index (χ2n) is 3.66. The maximum atomic E-state index is 13.4. The Balaban J connectivity index is 2.48. The smallest absolute Gasteiger partial charge is 0.270 e. The van der Waals surface area contributed by atoms with Gasteiger partial charge in [0, 0.05) is 12.1 Å². The van der Waals surface area contributed by atoms with E-state index in [1.807, 2.05) is 0 Å². The first-order valence-corrected chi connectivity index (χ1v) is 5.11. The van der Waals surface area contributed by atoms with Crippen molar-refractivity contribution in [3.8, 4) is 11.1 Å². The van der Waals surface area contributed by atoms with E-state index in [2.05, 4.69) is 0 Å². The standard InChI is InChI=1S/C13H8FNO3/c14-13-7-10(4-5-11(13)8-16)9-2-1-3-12(6-9)15(17)18/h1-8H. The zero-order chi connectivity index (χ0) is 13.1. The fraction of sp³-hybridized carbons (Fsp3) is 0. The van der Waals surface area contributed by atoms with Gasteiger partial charge in [-0.1, -0.05) is 18.2 Å². The van der Waals surface area contributed by atoms with E-state index < -0.39 is 10.7 Å². The summed E-state index contributed by atoms with van der Waals surface area (Å²) in [6, 6.07) is 9.96. The lowest BCUT2D eigenvalue weighted by Crippen LogP contribution is -1.90. The van der Waals surface area contributed by atoms with Gasteiger partial charge in [-0.15, -0.1) is 0 Å². The van der Waals surface area contributed by atoms with Crippen molar-refractivity contribution in [1.29, 1.82) is 0 Å². The zero-order valence-electron chi connectivity index (χ0n) is 9.17. The van der Waals surface area contributed by atoms with E-state index in [0.717, 1.165) is 0 Å². The molecular formula is C13H8FNO3. The largest absolute Gasteiger partial charge is 0.298 e.